The van der Waals surface area contributed by atoms with Gasteiger partial charge >= 0.3 is 17.9 Å². The quantitative estimate of drug-likeness (QED) is 0.0345. The maximum absolute atomic E-state index is 12.8. The number of carbonyl (C=O) groups excluding carboxylic acids is 3. The van der Waals surface area contributed by atoms with E-state index in [0.29, 0.717) is 19.3 Å². The first-order chi connectivity index (χ1) is 28.9. The fourth-order valence-electron chi connectivity index (χ4n) is 8.01. The van der Waals surface area contributed by atoms with Crippen LogP contribution in [0.3, 0.4) is 0 Å². The molecule has 0 amide bonds. The molecule has 0 radical (unpaired) electrons. The third kappa shape index (κ3) is 45.8. The van der Waals surface area contributed by atoms with Gasteiger partial charge in [0.15, 0.2) is 6.10 Å². The van der Waals surface area contributed by atoms with Gasteiger partial charge in [-0.15, -0.1) is 0 Å². The van der Waals surface area contributed by atoms with Gasteiger partial charge in [0.1, 0.15) is 13.2 Å². The third-order valence-electron chi connectivity index (χ3n) is 12.4. The molecule has 0 aliphatic heterocycles. The highest BCUT2D eigenvalue weighted by Gasteiger charge is 2.19. The second kappa shape index (κ2) is 47.5. The summed E-state index contributed by atoms with van der Waals surface area (Å²) in [6.07, 6.45) is 49.3. The van der Waals surface area contributed by atoms with Crippen LogP contribution in [-0.2, 0) is 28.6 Å². The molecule has 1 unspecified atom stereocenters. The van der Waals surface area contributed by atoms with E-state index in [9.17, 15) is 14.4 Å². The normalized spacial score (nSPS) is 12.4. The van der Waals surface area contributed by atoms with Gasteiger partial charge in [0.2, 0.25) is 0 Å². The molecule has 59 heavy (non-hydrogen) atoms. The molecule has 6 nitrogen and oxygen atoms in total. The maximum Gasteiger partial charge on any atom is 0.306 e. The number of hydrogen-bond donors (Lipinski definition) is 0. The van der Waals surface area contributed by atoms with Crippen molar-refractivity contribution in [2.75, 3.05) is 13.2 Å². The Morgan fingerprint density at radius 1 is 0.339 bits per heavy atom. The molecular formula is C53H102O6. The first-order valence-corrected chi connectivity index (χ1v) is 26.4. The van der Waals surface area contributed by atoms with Crippen LogP contribution in [0.1, 0.15) is 297 Å². The summed E-state index contributed by atoms with van der Waals surface area (Å²) >= 11 is 0. The first-order valence-electron chi connectivity index (χ1n) is 26.4. The predicted molar refractivity (Wildman–Crippen MR) is 252 cm³/mol. The minimum absolute atomic E-state index is 0.0627. The predicted octanol–water partition coefficient (Wildman–Crippen LogP) is 17.1. The van der Waals surface area contributed by atoms with Crippen LogP contribution in [0.5, 0.6) is 0 Å². The second-order valence-electron chi connectivity index (χ2n) is 18.4. The monoisotopic (exact) mass is 835 g/mol. The number of esters is 3. The van der Waals surface area contributed by atoms with E-state index in [0.717, 1.165) is 63.7 Å². The summed E-state index contributed by atoms with van der Waals surface area (Å²) in [6.45, 7) is 9.05. The molecule has 0 heterocycles. The van der Waals surface area contributed by atoms with Crippen LogP contribution in [0.25, 0.3) is 0 Å². The summed E-state index contributed by atoms with van der Waals surface area (Å²) in [5, 5.41) is 0. The van der Waals surface area contributed by atoms with Crippen LogP contribution in [0, 0.1) is 5.92 Å². The lowest BCUT2D eigenvalue weighted by molar-refractivity contribution is -0.167. The van der Waals surface area contributed by atoms with Crippen LogP contribution in [0.15, 0.2) is 0 Å². The van der Waals surface area contributed by atoms with Crippen molar-refractivity contribution in [3.05, 3.63) is 0 Å². The Labute approximate surface area is 368 Å². The van der Waals surface area contributed by atoms with E-state index in [1.54, 1.807) is 0 Å². The zero-order valence-corrected chi connectivity index (χ0v) is 40.2. The van der Waals surface area contributed by atoms with Gasteiger partial charge in [-0.25, -0.2) is 0 Å². The molecule has 0 aromatic rings. The Hall–Kier alpha value is -1.59. The van der Waals surface area contributed by atoms with E-state index in [4.69, 9.17) is 14.2 Å². The molecule has 0 aliphatic rings. The van der Waals surface area contributed by atoms with E-state index in [1.807, 2.05) is 0 Å². The van der Waals surface area contributed by atoms with Crippen molar-refractivity contribution < 1.29 is 28.6 Å². The lowest BCUT2D eigenvalue weighted by Crippen LogP contribution is -2.30. The van der Waals surface area contributed by atoms with Crippen LogP contribution in [0.4, 0.5) is 0 Å². The number of hydrogen-bond acceptors (Lipinski definition) is 6. The van der Waals surface area contributed by atoms with Crippen LogP contribution >= 0.6 is 0 Å². The summed E-state index contributed by atoms with van der Waals surface area (Å²) in [5.74, 6) is 0.0269. The topological polar surface area (TPSA) is 78.9 Å². The standard InChI is InChI=1S/C53H102O6/c1-5-8-10-12-14-16-18-20-21-22-24-30-34-38-42-46-53(56)59-50(47-57-51(54)44-40-36-32-28-23-19-17-15-13-11-9-6-2)48-58-52(55)45-41-37-33-29-26-25-27-31-35-39-43-49(4)7-3/h49-50H,5-48H2,1-4H3/t49?,50-/m0/s1. The molecule has 0 N–H and O–H groups in total. The Kier molecular flexibility index (Phi) is 46.2. The van der Waals surface area contributed by atoms with E-state index in [2.05, 4.69) is 27.7 Å². The van der Waals surface area contributed by atoms with Gasteiger partial charge in [-0.05, 0) is 25.2 Å². The van der Waals surface area contributed by atoms with Gasteiger partial charge < -0.3 is 14.2 Å². The molecule has 0 fully saturated rings. The average Bonchev–Trinajstić information content (AvgIpc) is 3.23. The van der Waals surface area contributed by atoms with Crippen molar-refractivity contribution in [2.24, 2.45) is 5.92 Å². The lowest BCUT2D eigenvalue weighted by Gasteiger charge is -2.18. The molecule has 0 rings (SSSR count). The number of rotatable bonds is 48. The Morgan fingerprint density at radius 2 is 0.593 bits per heavy atom. The molecule has 0 saturated carbocycles. The summed E-state index contributed by atoms with van der Waals surface area (Å²) in [5.41, 5.74) is 0. The van der Waals surface area contributed by atoms with E-state index in [-0.39, 0.29) is 31.1 Å². The van der Waals surface area contributed by atoms with Gasteiger partial charge in [-0.3, -0.25) is 14.4 Å². The van der Waals surface area contributed by atoms with Gasteiger partial charge in [0, 0.05) is 19.3 Å². The van der Waals surface area contributed by atoms with Crippen molar-refractivity contribution in [1.29, 1.82) is 0 Å². The highest BCUT2D eigenvalue weighted by molar-refractivity contribution is 5.71. The van der Waals surface area contributed by atoms with Crippen LogP contribution in [0.2, 0.25) is 0 Å². The van der Waals surface area contributed by atoms with Crippen molar-refractivity contribution >= 4 is 17.9 Å². The molecule has 0 saturated heterocycles. The van der Waals surface area contributed by atoms with Crippen LogP contribution < -0.4 is 0 Å². The number of ether oxygens (including phenoxy) is 3. The molecule has 0 aromatic carbocycles. The Morgan fingerprint density at radius 3 is 0.881 bits per heavy atom. The van der Waals surface area contributed by atoms with Crippen LogP contribution in [-0.4, -0.2) is 37.2 Å². The van der Waals surface area contributed by atoms with Gasteiger partial charge in [0.25, 0.3) is 0 Å². The van der Waals surface area contributed by atoms with E-state index < -0.39 is 6.10 Å². The fraction of sp³-hybridized carbons (Fsp3) is 0.943. The van der Waals surface area contributed by atoms with Gasteiger partial charge in [-0.2, -0.15) is 0 Å². The highest BCUT2D eigenvalue weighted by Crippen LogP contribution is 2.18. The van der Waals surface area contributed by atoms with Crippen molar-refractivity contribution in [1.82, 2.24) is 0 Å². The molecule has 0 spiro atoms. The van der Waals surface area contributed by atoms with Crippen molar-refractivity contribution in [2.45, 2.75) is 303 Å². The van der Waals surface area contributed by atoms with Crippen molar-refractivity contribution in [3.63, 3.8) is 0 Å². The number of carbonyl (C=O) groups is 3. The molecule has 350 valence electrons. The summed E-state index contributed by atoms with van der Waals surface area (Å²) < 4.78 is 16.8. The average molecular weight is 835 g/mol. The smallest absolute Gasteiger partial charge is 0.306 e. The number of unbranched alkanes of at least 4 members (excludes halogenated alkanes) is 34. The minimum atomic E-state index is -0.760. The van der Waals surface area contributed by atoms with Gasteiger partial charge in [-0.1, -0.05) is 259 Å². The summed E-state index contributed by atoms with van der Waals surface area (Å²) in [4.78, 5) is 38.0. The summed E-state index contributed by atoms with van der Waals surface area (Å²) in [6, 6.07) is 0. The van der Waals surface area contributed by atoms with E-state index in [1.165, 1.54) is 193 Å². The molecule has 0 aliphatic carbocycles. The first kappa shape index (κ1) is 57.4. The highest BCUT2D eigenvalue weighted by atomic mass is 16.6. The molecular weight excluding hydrogens is 733 g/mol. The largest absolute Gasteiger partial charge is 0.462 e. The molecule has 6 heteroatoms. The van der Waals surface area contributed by atoms with E-state index >= 15 is 0 Å². The third-order valence-corrected chi connectivity index (χ3v) is 12.4. The van der Waals surface area contributed by atoms with Crippen molar-refractivity contribution in [3.8, 4) is 0 Å². The summed E-state index contributed by atoms with van der Waals surface area (Å²) in [7, 11) is 0. The molecule has 0 bridgehead atoms. The molecule has 2 atom stereocenters. The Bertz CT molecular complexity index is 889. The Balaban J connectivity index is 4.32. The fourth-order valence-corrected chi connectivity index (χ4v) is 8.01. The van der Waals surface area contributed by atoms with Gasteiger partial charge in [0.05, 0.1) is 0 Å². The molecule has 0 aromatic heterocycles. The SMILES string of the molecule is CCCCCCCCCCCCCCCCCC(=O)O[C@@H](COC(=O)CCCCCCCCCCCCCC)COC(=O)CCCCCCCCCCCCC(C)CC. The lowest BCUT2D eigenvalue weighted by atomic mass is 9.99. The second-order valence-corrected chi connectivity index (χ2v) is 18.4. The maximum atomic E-state index is 12.8. The minimum Gasteiger partial charge on any atom is -0.462 e. The zero-order valence-electron chi connectivity index (χ0n) is 40.2. The zero-order chi connectivity index (χ0) is 43.1.